The second-order valence-corrected chi connectivity index (χ2v) is 5.51. The van der Waals surface area contributed by atoms with Gasteiger partial charge in [0.2, 0.25) is 0 Å². The predicted octanol–water partition coefficient (Wildman–Crippen LogP) is 3.84. The minimum Gasteiger partial charge on any atom is -0.468 e. The number of rotatable bonds is 6. The average molecular weight is 293 g/mol. The number of hydrogen-bond donors (Lipinski definition) is 1. The van der Waals surface area contributed by atoms with Crippen molar-refractivity contribution in [1.82, 2.24) is 4.90 Å². The first-order valence-corrected chi connectivity index (χ1v) is 7.23. The lowest BCUT2D eigenvalue weighted by Gasteiger charge is -2.30. The minimum absolute atomic E-state index is 0.0402. The van der Waals surface area contributed by atoms with Crippen molar-refractivity contribution >= 4 is 11.6 Å². The molecule has 0 spiro atoms. The van der Waals surface area contributed by atoms with E-state index in [9.17, 15) is 0 Å². The summed E-state index contributed by atoms with van der Waals surface area (Å²) in [6, 6.07) is 11.9. The topological polar surface area (TPSA) is 42.4 Å². The zero-order valence-corrected chi connectivity index (χ0v) is 12.7. The average Bonchev–Trinajstić information content (AvgIpc) is 2.95. The third kappa shape index (κ3) is 3.63. The van der Waals surface area contributed by atoms with E-state index in [-0.39, 0.29) is 12.1 Å². The maximum atomic E-state index is 6.26. The zero-order valence-electron chi connectivity index (χ0n) is 11.9. The normalized spacial score (nSPS) is 14.4. The number of furan rings is 1. The Hall–Kier alpha value is -1.29. The highest BCUT2D eigenvalue weighted by Gasteiger charge is 2.25. The van der Waals surface area contributed by atoms with Gasteiger partial charge >= 0.3 is 0 Å². The number of benzene rings is 1. The molecule has 3 nitrogen and oxygen atoms in total. The van der Waals surface area contributed by atoms with Crippen LogP contribution in [0.15, 0.2) is 47.1 Å². The molecule has 0 saturated heterocycles. The molecule has 1 aromatic heterocycles. The summed E-state index contributed by atoms with van der Waals surface area (Å²) < 4.78 is 5.55. The van der Waals surface area contributed by atoms with Crippen molar-refractivity contribution in [3.63, 3.8) is 0 Å². The summed E-state index contributed by atoms with van der Waals surface area (Å²) in [7, 11) is 2.07. The first-order valence-electron chi connectivity index (χ1n) is 6.85. The second kappa shape index (κ2) is 6.93. The molecule has 2 rings (SSSR count). The van der Waals surface area contributed by atoms with Crippen molar-refractivity contribution in [2.24, 2.45) is 5.73 Å². The Labute approximate surface area is 125 Å². The van der Waals surface area contributed by atoms with Gasteiger partial charge < -0.3 is 10.2 Å². The van der Waals surface area contributed by atoms with E-state index in [2.05, 4.69) is 18.9 Å². The highest BCUT2D eigenvalue weighted by Crippen LogP contribution is 2.26. The van der Waals surface area contributed by atoms with Crippen LogP contribution in [0.5, 0.6) is 0 Å². The molecule has 2 atom stereocenters. The molecule has 1 heterocycles. The van der Waals surface area contributed by atoms with Crippen molar-refractivity contribution in [2.45, 2.75) is 32.0 Å². The molecular formula is C16H21ClN2O. The van der Waals surface area contributed by atoms with Crippen LogP contribution in [0.1, 0.15) is 30.7 Å². The fourth-order valence-electron chi connectivity index (χ4n) is 2.41. The van der Waals surface area contributed by atoms with Gasteiger partial charge in [0.15, 0.2) is 0 Å². The van der Waals surface area contributed by atoms with Crippen LogP contribution in [0.25, 0.3) is 0 Å². The monoisotopic (exact) mass is 292 g/mol. The number of halogens is 1. The number of likely N-dealkylation sites (N-methyl/N-ethyl adjacent to an activating group) is 1. The molecule has 0 amide bonds. The number of nitrogens with two attached hydrogens (primary N) is 1. The van der Waals surface area contributed by atoms with Gasteiger partial charge in [0.1, 0.15) is 5.76 Å². The molecular weight excluding hydrogens is 272 g/mol. The molecule has 0 radical (unpaired) electrons. The molecule has 0 aliphatic heterocycles. The Morgan fingerprint density at radius 2 is 1.95 bits per heavy atom. The quantitative estimate of drug-likeness (QED) is 0.879. The smallest absolute Gasteiger partial charge is 0.122 e. The van der Waals surface area contributed by atoms with Crippen LogP contribution in [0, 0.1) is 0 Å². The number of hydrogen-bond acceptors (Lipinski definition) is 3. The molecule has 4 heteroatoms. The van der Waals surface area contributed by atoms with Crippen molar-refractivity contribution in [1.29, 1.82) is 0 Å². The summed E-state index contributed by atoms with van der Waals surface area (Å²) in [5.74, 6) is 0.913. The molecule has 2 aromatic rings. The Bertz CT molecular complexity index is 510. The van der Waals surface area contributed by atoms with Gasteiger partial charge in [-0.15, -0.1) is 0 Å². The van der Waals surface area contributed by atoms with Crippen LogP contribution in [0.4, 0.5) is 0 Å². The molecule has 0 bridgehead atoms. The standard InChI is InChI=1S/C16H21ClN2O/c1-3-14(18)16(15-5-4-10-20-15)19(2)11-12-6-8-13(17)9-7-12/h4-10,14,16H,3,11,18H2,1-2H3. The number of nitrogens with zero attached hydrogens (tertiary/aromatic N) is 1. The van der Waals surface area contributed by atoms with Gasteiger partial charge in [-0.1, -0.05) is 30.7 Å². The summed E-state index contributed by atoms with van der Waals surface area (Å²) in [5, 5.41) is 0.754. The van der Waals surface area contributed by atoms with Crippen molar-refractivity contribution in [2.75, 3.05) is 7.05 Å². The summed E-state index contributed by atoms with van der Waals surface area (Å²) in [6.07, 6.45) is 2.59. The van der Waals surface area contributed by atoms with E-state index in [4.69, 9.17) is 21.8 Å². The first kappa shape index (κ1) is 15.1. The van der Waals surface area contributed by atoms with Gasteiger partial charge in [-0.05, 0) is 43.3 Å². The van der Waals surface area contributed by atoms with Crippen LogP contribution < -0.4 is 5.73 Å². The largest absolute Gasteiger partial charge is 0.468 e. The van der Waals surface area contributed by atoms with E-state index >= 15 is 0 Å². The summed E-state index contributed by atoms with van der Waals surface area (Å²) in [6.45, 7) is 2.90. The fourth-order valence-corrected chi connectivity index (χ4v) is 2.54. The van der Waals surface area contributed by atoms with Crippen LogP contribution in [0.2, 0.25) is 5.02 Å². The van der Waals surface area contributed by atoms with E-state index in [0.717, 1.165) is 23.7 Å². The maximum Gasteiger partial charge on any atom is 0.122 e. The van der Waals surface area contributed by atoms with E-state index < -0.39 is 0 Å². The Morgan fingerprint density at radius 3 is 2.50 bits per heavy atom. The fraction of sp³-hybridized carbons (Fsp3) is 0.375. The third-order valence-corrected chi connectivity index (χ3v) is 3.78. The van der Waals surface area contributed by atoms with Gasteiger partial charge in [0, 0.05) is 17.6 Å². The maximum absolute atomic E-state index is 6.26. The van der Waals surface area contributed by atoms with E-state index in [0.29, 0.717) is 0 Å². The molecule has 2 N–H and O–H groups in total. The van der Waals surface area contributed by atoms with Gasteiger partial charge in [-0.2, -0.15) is 0 Å². The Kier molecular flexibility index (Phi) is 5.24. The van der Waals surface area contributed by atoms with Crippen LogP contribution >= 0.6 is 11.6 Å². The Balaban J connectivity index is 2.14. The van der Waals surface area contributed by atoms with E-state index in [1.54, 1.807) is 6.26 Å². The predicted molar refractivity (Wildman–Crippen MR) is 82.6 cm³/mol. The van der Waals surface area contributed by atoms with Crippen LogP contribution in [0.3, 0.4) is 0 Å². The van der Waals surface area contributed by atoms with Gasteiger partial charge in [0.25, 0.3) is 0 Å². The van der Waals surface area contributed by atoms with Crippen molar-refractivity contribution in [3.8, 4) is 0 Å². The summed E-state index contributed by atoms with van der Waals surface area (Å²) in [5.41, 5.74) is 7.47. The van der Waals surface area contributed by atoms with E-state index in [1.165, 1.54) is 5.56 Å². The lowest BCUT2D eigenvalue weighted by molar-refractivity contribution is 0.176. The molecule has 0 aliphatic carbocycles. The lowest BCUT2D eigenvalue weighted by Crippen LogP contribution is -2.38. The molecule has 108 valence electrons. The first-order chi connectivity index (χ1) is 9.61. The molecule has 20 heavy (non-hydrogen) atoms. The third-order valence-electron chi connectivity index (χ3n) is 3.53. The Morgan fingerprint density at radius 1 is 1.25 bits per heavy atom. The summed E-state index contributed by atoms with van der Waals surface area (Å²) >= 11 is 5.92. The van der Waals surface area contributed by atoms with Crippen molar-refractivity contribution < 1.29 is 4.42 Å². The molecule has 0 fully saturated rings. The highest BCUT2D eigenvalue weighted by atomic mass is 35.5. The zero-order chi connectivity index (χ0) is 14.5. The molecule has 0 saturated carbocycles. The molecule has 1 aromatic carbocycles. The highest BCUT2D eigenvalue weighted by molar-refractivity contribution is 6.30. The molecule has 0 aliphatic rings. The van der Waals surface area contributed by atoms with Crippen LogP contribution in [-0.2, 0) is 6.54 Å². The van der Waals surface area contributed by atoms with Crippen LogP contribution in [-0.4, -0.2) is 18.0 Å². The SMILES string of the molecule is CCC(N)C(c1ccco1)N(C)Cc1ccc(Cl)cc1. The van der Waals surface area contributed by atoms with Crippen molar-refractivity contribution in [3.05, 3.63) is 59.0 Å². The minimum atomic E-state index is 0.0402. The van der Waals surface area contributed by atoms with Gasteiger partial charge in [-0.3, -0.25) is 4.90 Å². The van der Waals surface area contributed by atoms with Gasteiger partial charge in [0.05, 0.1) is 12.3 Å². The molecule has 2 unspecified atom stereocenters. The summed E-state index contributed by atoms with van der Waals surface area (Å²) in [4.78, 5) is 2.22. The second-order valence-electron chi connectivity index (χ2n) is 5.07. The van der Waals surface area contributed by atoms with Gasteiger partial charge in [-0.25, -0.2) is 0 Å². The lowest BCUT2D eigenvalue weighted by atomic mass is 10.0. The van der Waals surface area contributed by atoms with E-state index in [1.807, 2.05) is 36.4 Å².